The highest BCUT2D eigenvalue weighted by atomic mass is 31.2. The van der Waals surface area contributed by atoms with Crippen LogP contribution in [0.3, 0.4) is 0 Å². The molecule has 530 valence electrons. The second-order valence-electron chi connectivity index (χ2n) is 25.9. The Balaban J connectivity index is 5.27. The molecular formula is C71H134O17P2. The van der Waals surface area contributed by atoms with Crippen LogP contribution in [0.4, 0.5) is 0 Å². The molecule has 0 aromatic carbocycles. The van der Waals surface area contributed by atoms with Crippen molar-refractivity contribution in [2.45, 2.75) is 355 Å². The van der Waals surface area contributed by atoms with Crippen molar-refractivity contribution >= 4 is 39.5 Å². The minimum atomic E-state index is -4.96. The molecule has 90 heavy (non-hydrogen) atoms. The molecule has 3 N–H and O–H groups in total. The van der Waals surface area contributed by atoms with Gasteiger partial charge >= 0.3 is 39.5 Å². The lowest BCUT2D eigenvalue weighted by molar-refractivity contribution is -0.161. The van der Waals surface area contributed by atoms with E-state index in [1.54, 1.807) is 0 Å². The van der Waals surface area contributed by atoms with Gasteiger partial charge in [-0.2, -0.15) is 0 Å². The van der Waals surface area contributed by atoms with Gasteiger partial charge < -0.3 is 33.8 Å². The van der Waals surface area contributed by atoms with Crippen molar-refractivity contribution in [2.75, 3.05) is 39.6 Å². The Labute approximate surface area is 548 Å². The molecule has 0 radical (unpaired) electrons. The summed E-state index contributed by atoms with van der Waals surface area (Å²) in [5, 5.41) is 10.6. The molecule has 0 aliphatic heterocycles. The van der Waals surface area contributed by atoms with Gasteiger partial charge in [-0.05, 0) is 63.2 Å². The highest BCUT2D eigenvalue weighted by molar-refractivity contribution is 7.47. The molecule has 0 bridgehead atoms. The largest absolute Gasteiger partial charge is 0.472 e. The van der Waals surface area contributed by atoms with E-state index in [0.717, 1.165) is 121 Å². The number of aliphatic hydroxyl groups is 1. The van der Waals surface area contributed by atoms with Gasteiger partial charge in [0.2, 0.25) is 0 Å². The maximum Gasteiger partial charge on any atom is 0.472 e. The summed E-state index contributed by atoms with van der Waals surface area (Å²) in [6.07, 6.45) is 50.8. The van der Waals surface area contributed by atoms with E-state index in [0.29, 0.717) is 25.7 Å². The number of phosphoric acid groups is 2. The van der Waals surface area contributed by atoms with Gasteiger partial charge in [-0.3, -0.25) is 37.3 Å². The number of aliphatic hydroxyl groups excluding tert-OH is 1. The van der Waals surface area contributed by atoms with Gasteiger partial charge in [-0.25, -0.2) is 9.13 Å². The predicted molar refractivity (Wildman–Crippen MR) is 363 cm³/mol. The van der Waals surface area contributed by atoms with E-state index in [1.807, 2.05) is 0 Å². The van der Waals surface area contributed by atoms with E-state index in [-0.39, 0.29) is 25.7 Å². The Bertz CT molecular complexity index is 1850. The molecule has 0 rings (SSSR count). The highest BCUT2D eigenvalue weighted by Gasteiger charge is 2.30. The molecule has 0 heterocycles. The molecular weight excluding hydrogens is 1190 g/mol. The smallest absolute Gasteiger partial charge is 0.462 e. The first-order chi connectivity index (χ1) is 43.4. The molecule has 0 amide bonds. The number of rotatable bonds is 68. The number of hydrogen-bond acceptors (Lipinski definition) is 15. The van der Waals surface area contributed by atoms with Crippen LogP contribution in [0.5, 0.6) is 0 Å². The molecule has 0 saturated heterocycles. The fourth-order valence-corrected chi connectivity index (χ4v) is 11.8. The van der Waals surface area contributed by atoms with Crippen LogP contribution in [-0.2, 0) is 65.4 Å². The lowest BCUT2D eigenvalue weighted by atomic mass is 10.0. The number of carbonyl (C=O) groups excluding carboxylic acids is 4. The van der Waals surface area contributed by atoms with Crippen LogP contribution in [0.25, 0.3) is 0 Å². The summed E-state index contributed by atoms with van der Waals surface area (Å²) in [5.74, 6) is -0.637. The van der Waals surface area contributed by atoms with Crippen molar-refractivity contribution in [3.05, 3.63) is 24.3 Å². The lowest BCUT2D eigenvalue weighted by Crippen LogP contribution is -2.30. The van der Waals surface area contributed by atoms with Crippen molar-refractivity contribution in [2.24, 2.45) is 11.8 Å². The first-order valence-corrected chi connectivity index (χ1v) is 39.3. The van der Waals surface area contributed by atoms with Crippen LogP contribution in [0.1, 0.15) is 337 Å². The van der Waals surface area contributed by atoms with E-state index < -0.39 is 97.5 Å². The fraction of sp³-hybridized carbons (Fsp3) is 0.887. The third-order valence-electron chi connectivity index (χ3n) is 15.8. The quantitative estimate of drug-likeness (QED) is 0.0169. The molecule has 19 heteroatoms. The molecule has 0 fully saturated rings. The predicted octanol–water partition coefficient (Wildman–Crippen LogP) is 19.9. The van der Waals surface area contributed by atoms with Gasteiger partial charge in [0.05, 0.1) is 26.4 Å². The van der Waals surface area contributed by atoms with E-state index in [9.17, 15) is 43.2 Å². The normalized spacial score (nSPS) is 14.3. The van der Waals surface area contributed by atoms with Gasteiger partial charge in [0.15, 0.2) is 12.2 Å². The van der Waals surface area contributed by atoms with Crippen molar-refractivity contribution in [1.29, 1.82) is 0 Å². The number of ether oxygens (including phenoxy) is 4. The Morgan fingerprint density at radius 3 is 0.911 bits per heavy atom. The Morgan fingerprint density at radius 1 is 0.344 bits per heavy atom. The molecule has 17 nitrogen and oxygen atoms in total. The third-order valence-corrected chi connectivity index (χ3v) is 17.7. The Kier molecular flexibility index (Phi) is 60.9. The summed E-state index contributed by atoms with van der Waals surface area (Å²) < 4.78 is 68.2. The zero-order valence-electron chi connectivity index (χ0n) is 57.9. The van der Waals surface area contributed by atoms with Crippen LogP contribution >= 0.6 is 15.6 Å². The summed E-state index contributed by atoms with van der Waals surface area (Å²) >= 11 is 0. The van der Waals surface area contributed by atoms with E-state index in [4.69, 9.17) is 37.0 Å². The molecule has 5 atom stereocenters. The fourth-order valence-electron chi connectivity index (χ4n) is 10.2. The van der Waals surface area contributed by atoms with Crippen molar-refractivity contribution in [3.63, 3.8) is 0 Å². The summed E-state index contributed by atoms with van der Waals surface area (Å²) in [7, 11) is -9.91. The van der Waals surface area contributed by atoms with E-state index in [1.165, 1.54) is 135 Å². The number of allylic oxidation sites excluding steroid dienone is 4. The molecule has 0 saturated carbocycles. The minimum Gasteiger partial charge on any atom is -0.462 e. The zero-order chi connectivity index (χ0) is 66.5. The van der Waals surface area contributed by atoms with Gasteiger partial charge in [0.25, 0.3) is 0 Å². The van der Waals surface area contributed by atoms with Crippen LogP contribution in [0.2, 0.25) is 0 Å². The highest BCUT2D eigenvalue weighted by Crippen LogP contribution is 2.45. The zero-order valence-corrected chi connectivity index (χ0v) is 59.7. The summed E-state index contributed by atoms with van der Waals surface area (Å²) in [5.41, 5.74) is 0. The average molecular weight is 1320 g/mol. The van der Waals surface area contributed by atoms with Crippen molar-refractivity contribution in [1.82, 2.24) is 0 Å². The summed E-state index contributed by atoms with van der Waals surface area (Å²) in [4.78, 5) is 72.5. The summed E-state index contributed by atoms with van der Waals surface area (Å²) in [6, 6.07) is 0. The Hall–Kier alpha value is -2.46. The van der Waals surface area contributed by atoms with Gasteiger partial charge in [0.1, 0.15) is 19.3 Å². The number of carbonyl (C=O) groups is 4. The van der Waals surface area contributed by atoms with Crippen molar-refractivity contribution in [3.8, 4) is 0 Å². The standard InChI is InChI=1S/C71H134O17P2/c1-7-9-11-13-15-17-18-19-20-21-24-31-37-43-49-55-70(75)88-67(60-82-69(74)54-48-42-36-30-25-22-23-28-33-39-45-51-63(3)4)62-86-90(79,80)84-58-65(72)57-83-89(77,78)85-61-66(59-81-68(73)53-47-41-35-16-14-12-10-8-2)87-71(76)56-50-44-38-32-27-26-29-34-40-46-52-64(5)6/h17-20,63-67,72H,7-16,21-62H2,1-6H3,(H,77,78)(H,79,80)/b18-17-,20-19-/t65-,66+,67+/m0/s1. The van der Waals surface area contributed by atoms with Crippen LogP contribution in [0, 0.1) is 11.8 Å². The first kappa shape index (κ1) is 87.5. The number of phosphoric ester groups is 2. The minimum absolute atomic E-state index is 0.0848. The lowest BCUT2D eigenvalue weighted by Gasteiger charge is -2.21. The maximum atomic E-state index is 13.0. The number of unbranched alkanes of at least 4 members (excludes halogenated alkanes) is 35. The second kappa shape index (κ2) is 62.6. The summed E-state index contributed by atoms with van der Waals surface area (Å²) in [6.45, 7) is 9.45. The molecule has 0 spiro atoms. The third kappa shape index (κ3) is 64.3. The van der Waals surface area contributed by atoms with Crippen LogP contribution in [0.15, 0.2) is 24.3 Å². The van der Waals surface area contributed by atoms with Crippen molar-refractivity contribution < 1.29 is 80.2 Å². The van der Waals surface area contributed by atoms with Gasteiger partial charge in [-0.1, -0.05) is 284 Å². The Morgan fingerprint density at radius 2 is 0.600 bits per heavy atom. The maximum absolute atomic E-state index is 13.0. The average Bonchev–Trinajstić information content (AvgIpc) is 3.72. The van der Waals surface area contributed by atoms with E-state index >= 15 is 0 Å². The second-order valence-corrected chi connectivity index (χ2v) is 28.8. The van der Waals surface area contributed by atoms with Gasteiger partial charge in [0, 0.05) is 25.7 Å². The number of esters is 4. The SMILES string of the molecule is CCCCCC/C=C\C=C/CCCCCCCC(=O)O[C@H](COC(=O)CCCCCCCCCCCCCC(C)C)COP(=O)(O)OC[C@@H](O)COP(=O)(O)OC[C@@H](COC(=O)CCCCCCCCCC)OC(=O)CCCCCCCCCCCCC(C)C. The number of hydrogen-bond donors (Lipinski definition) is 3. The molecule has 0 aromatic heterocycles. The monoisotopic (exact) mass is 1320 g/mol. The molecule has 0 aromatic rings. The molecule has 2 unspecified atom stereocenters. The molecule has 0 aliphatic rings. The van der Waals surface area contributed by atoms with Gasteiger partial charge in [-0.15, -0.1) is 0 Å². The topological polar surface area (TPSA) is 237 Å². The van der Waals surface area contributed by atoms with Crippen LogP contribution < -0.4 is 0 Å². The van der Waals surface area contributed by atoms with E-state index in [2.05, 4.69) is 65.8 Å². The molecule has 0 aliphatic carbocycles. The van der Waals surface area contributed by atoms with Crippen LogP contribution in [-0.4, -0.2) is 96.7 Å². The first-order valence-electron chi connectivity index (χ1n) is 36.3.